The first kappa shape index (κ1) is 18.3. The molecule has 0 heterocycles. The van der Waals surface area contributed by atoms with E-state index < -0.39 is 5.97 Å². The van der Waals surface area contributed by atoms with Crippen LogP contribution in [0, 0.1) is 0 Å². The van der Waals surface area contributed by atoms with E-state index in [4.69, 9.17) is 9.84 Å². The van der Waals surface area contributed by atoms with Crippen molar-refractivity contribution in [3.05, 3.63) is 35.9 Å². The van der Waals surface area contributed by atoms with Crippen LogP contribution in [-0.4, -0.2) is 47.2 Å². The largest absolute Gasteiger partial charge is 0.480 e. The van der Waals surface area contributed by atoms with E-state index >= 15 is 0 Å². The van der Waals surface area contributed by atoms with Crippen LogP contribution in [0.1, 0.15) is 38.2 Å². The van der Waals surface area contributed by atoms with Gasteiger partial charge in [0, 0.05) is 12.6 Å². The van der Waals surface area contributed by atoms with E-state index in [1.54, 1.807) is 4.90 Å². The lowest BCUT2D eigenvalue weighted by atomic mass is 9.89. The fourth-order valence-electron chi connectivity index (χ4n) is 3.24. The van der Waals surface area contributed by atoms with Crippen LogP contribution in [0.5, 0.6) is 0 Å². The van der Waals surface area contributed by atoms with Crippen molar-refractivity contribution in [3.63, 3.8) is 0 Å². The number of carboxylic acids is 1. The van der Waals surface area contributed by atoms with Crippen molar-refractivity contribution in [3.8, 4) is 0 Å². The zero-order valence-corrected chi connectivity index (χ0v) is 14.1. The summed E-state index contributed by atoms with van der Waals surface area (Å²) in [5.41, 5.74) is 0.950. The highest BCUT2D eigenvalue weighted by molar-refractivity contribution is 5.69. The van der Waals surface area contributed by atoms with Crippen LogP contribution in [0.2, 0.25) is 0 Å². The average Bonchev–Trinajstić information content (AvgIpc) is 2.60. The van der Waals surface area contributed by atoms with E-state index in [1.165, 1.54) is 0 Å². The minimum Gasteiger partial charge on any atom is -0.480 e. The van der Waals surface area contributed by atoms with Gasteiger partial charge in [-0.2, -0.15) is 0 Å². The van der Waals surface area contributed by atoms with Crippen molar-refractivity contribution in [1.29, 1.82) is 0 Å². The molecule has 132 valence electrons. The van der Waals surface area contributed by atoms with Gasteiger partial charge < -0.3 is 20.1 Å². The molecule has 2 rings (SSSR count). The Balaban J connectivity index is 1.95. The summed E-state index contributed by atoms with van der Waals surface area (Å²) in [7, 11) is 0. The maximum atomic E-state index is 12.5. The first-order valence-electron chi connectivity index (χ1n) is 8.54. The number of hydrogen-bond donors (Lipinski definition) is 2. The molecular formula is C18H26N2O4. The number of aliphatic carboxylic acids is 1. The number of ether oxygens (including phenoxy) is 1. The van der Waals surface area contributed by atoms with Crippen LogP contribution in [-0.2, 0) is 16.1 Å². The summed E-state index contributed by atoms with van der Waals surface area (Å²) in [5, 5.41) is 11.9. The topological polar surface area (TPSA) is 78.9 Å². The number of hydrogen-bond acceptors (Lipinski definition) is 4. The summed E-state index contributed by atoms with van der Waals surface area (Å²) in [6.45, 7) is 2.63. The van der Waals surface area contributed by atoms with Gasteiger partial charge in [0.05, 0.1) is 12.6 Å². The second-order valence-electron chi connectivity index (χ2n) is 6.06. The Kier molecular flexibility index (Phi) is 7.06. The number of carbonyl (C=O) groups excluding carboxylic acids is 1. The highest BCUT2D eigenvalue weighted by Gasteiger charge is 2.33. The highest BCUT2D eigenvalue weighted by Crippen LogP contribution is 2.24. The number of rotatable bonds is 7. The van der Waals surface area contributed by atoms with Gasteiger partial charge in [0.25, 0.3) is 0 Å². The van der Waals surface area contributed by atoms with Crippen molar-refractivity contribution in [2.24, 2.45) is 0 Å². The van der Waals surface area contributed by atoms with E-state index in [0.717, 1.165) is 31.2 Å². The number of carbonyl (C=O) groups is 2. The van der Waals surface area contributed by atoms with E-state index in [2.05, 4.69) is 5.32 Å². The van der Waals surface area contributed by atoms with Crippen molar-refractivity contribution >= 4 is 12.1 Å². The molecule has 6 heteroatoms. The molecule has 0 spiro atoms. The maximum absolute atomic E-state index is 12.5. The predicted octanol–water partition coefficient (Wildman–Crippen LogP) is 2.63. The third-order valence-corrected chi connectivity index (χ3v) is 4.43. The standard InChI is InChI=1S/C18H26N2O4/c1-2-20(18(23)24-13-14-8-4-3-5-9-14)16-11-7-6-10-15(16)19-12-17(21)22/h3-5,8-9,15-16,19H,2,6-7,10-13H2,1H3,(H,21,22)/t15-,16-/m1/s1. The molecule has 0 bridgehead atoms. The molecule has 2 atom stereocenters. The number of nitrogens with zero attached hydrogens (tertiary/aromatic N) is 1. The van der Waals surface area contributed by atoms with Crippen molar-refractivity contribution in [1.82, 2.24) is 10.2 Å². The Hall–Kier alpha value is -2.08. The van der Waals surface area contributed by atoms with Gasteiger partial charge in [0.15, 0.2) is 0 Å². The molecule has 6 nitrogen and oxygen atoms in total. The molecule has 1 amide bonds. The summed E-state index contributed by atoms with van der Waals surface area (Å²) in [4.78, 5) is 25.0. The zero-order chi connectivity index (χ0) is 17.4. The maximum Gasteiger partial charge on any atom is 0.410 e. The van der Waals surface area contributed by atoms with Crippen LogP contribution < -0.4 is 5.32 Å². The lowest BCUT2D eigenvalue weighted by Gasteiger charge is -2.39. The van der Waals surface area contributed by atoms with Crippen molar-refractivity contribution < 1.29 is 19.4 Å². The van der Waals surface area contributed by atoms with Crippen LogP contribution in [0.25, 0.3) is 0 Å². The van der Waals surface area contributed by atoms with Gasteiger partial charge in [0.2, 0.25) is 0 Å². The van der Waals surface area contributed by atoms with Crippen LogP contribution >= 0.6 is 0 Å². The molecule has 0 aromatic heterocycles. The quantitative estimate of drug-likeness (QED) is 0.801. The van der Waals surface area contributed by atoms with Crippen LogP contribution in [0.3, 0.4) is 0 Å². The number of nitrogens with one attached hydrogen (secondary N) is 1. The van der Waals surface area contributed by atoms with Gasteiger partial charge in [0.1, 0.15) is 6.61 Å². The minimum atomic E-state index is -0.881. The Morgan fingerprint density at radius 2 is 1.96 bits per heavy atom. The summed E-state index contributed by atoms with van der Waals surface area (Å²) >= 11 is 0. The Bertz CT molecular complexity index is 535. The van der Waals surface area contributed by atoms with E-state index in [1.807, 2.05) is 37.3 Å². The average molecular weight is 334 g/mol. The summed E-state index contributed by atoms with van der Waals surface area (Å²) in [6.07, 6.45) is 3.49. The van der Waals surface area contributed by atoms with E-state index in [0.29, 0.717) is 6.54 Å². The first-order valence-corrected chi connectivity index (χ1v) is 8.54. The second kappa shape index (κ2) is 9.27. The second-order valence-corrected chi connectivity index (χ2v) is 6.06. The van der Waals surface area contributed by atoms with Gasteiger partial charge in [-0.15, -0.1) is 0 Å². The fraction of sp³-hybridized carbons (Fsp3) is 0.556. The molecule has 0 radical (unpaired) electrons. The summed E-state index contributed by atoms with van der Waals surface area (Å²) in [6, 6.07) is 9.56. The van der Waals surface area contributed by atoms with Gasteiger partial charge in [-0.1, -0.05) is 43.2 Å². The molecule has 1 fully saturated rings. The third kappa shape index (κ3) is 5.23. The van der Waals surface area contributed by atoms with Crippen molar-refractivity contribution in [2.45, 2.75) is 51.3 Å². The molecule has 0 unspecified atom stereocenters. The Morgan fingerprint density at radius 3 is 2.62 bits per heavy atom. The monoisotopic (exact) mass is 334 g/mol. The molecule has 1 saturated carbocycles. The van der Waals surface area contributed by atoms with Crippen LogP contribution in [0.15, 0.2) is 30.3 Å². The normalized spacial score (nSPS) is 20.4. The van der Waals surface area contributed by atoms with Gasteiger partial charge in [-0.25, -0.2) is 4.79 Å². The zero-order valence-electron chi connectivity index (χ0n) is 14.1. The molecule has 1 aromatic carbocycles. The van der Waals surface area contributed by atoms with Gasteiger partial charge >= 0.3 is 12.1 Å². The smallest absolute Gasteiger partial charge is 0.410 e. The number of likely N-dealkylation sites (N-methyl/N-ethyl adjacent to an activating group) is 1. The van der Waals surface area contributed by atoms with E-state index in [9.17, 15) is 9.59 Å². The Labute approximate surface area is 142 Å². The Morgan fingerprint density at radius 1 is 1.25 bits per heavy atom. The molecule has 1 aliphatic carbocycles. The highest BCUT2D eigenvalue weighted by atomic mass is 16.6. The number of carboxylic acid groups (broad SMARTS) is 1. The van der Waals surface area contributed by atoms with Gasteiger partial charge in [-0.3, -0.25) is 4.79 Å². The lowest BCUT2D eigenvalue weighted by molar-refractivity contribution is -0.136. The van der Waals surface area contributed by atoms with Crippen molar-refractivity contribution in [2.75, 3.05) is 13.1 Å². The van der Waals surface area contributed by atoms with E-state index in [-0.39, 0.29) is 31.3 Å². The number of amides is 1. The fourth-order valence-corrected chi connectivity index (χ4v) is 3.24. The van der Waals surface area contributed by atoms with Gasteiger partial charge in [-0.05, 0) is 25.3 Å². The minimum absolute atomic E-state index is 0.000856. The molecular weight excluding hydrogens is 308 g/mol. The first-order chi connectivity index (χ1) is 11.6. The summed E-state index contributed by atoms with van der Waals surface area (Å²) in [5.74, 6) is -0.881. The summed E-state index contributed by atoms with van der Waals surface area (Å²) < 4.78 is 5.45. The molecule has 0 saturated heterocycles. The molecule has 24 heavy (non-hydrogen) atoms. The number of benzene rings is 1. The molecule has 2 N–H and O–H groups in total. The molecule has 1 aliphatic rings. The molecule has 0 aliphatic heterocycles. The predicted molar refractivity (Wildman–Crippen MR) is 90.7 cm³/mol. The molecule has 1 aromatic rings. The lowest BCUT2D eigenvalue weighted by Crippen LogP contribution is -2.54. The van der Waals surface area contributed by atoms with Crippen LogP contribution in [0.4, 0.5) is 4.79 Å². The SMILES string of the molecule is CCN(C(=O)OCc1ccccc1)[C@@H]1CCCC[C@H]1NCC(=O)O. The third-order valence-electron chi connectivity index (χ3n) is 4.43.